The van der Waals surface area contributed by atoms with Crippen LogP contribution in [-0.2, 0) is 13.0 Å². The Morgan fingerprint density at radius 1 is 1.04 bits per heavy atom. The number of hydrogen-bond acceptors (Lipinski definition) is 4. The number of phenols is 1. The summed E-state index contributed by atoms with van der Waals surface area (Å²) in [6.07, 6.45) is 0.983. The second-order valence-electron chi connectivity index (χ2n) is 6.40. The largest absolute Gasteiger partial charge is 0.508 e. The van der Waals surface area contributed by atoms with E-state index in [1.807, 2.05) is 12.1 Å². The van der Waals surface area contributed by atoms with Crippen molar-refractivity contribution in [2.75, 3.05) is 6.54 Å². The van der Waals surface area contributed by atoms with Gasteiger partial charge in [-0.05, 0) is 65.9 Å². The van der Waals surface area contributed by atoms with Crippen LogP contribution >= 0.6 is 27.3 Å². The van der Waals surface area contributed by atoms with E-state index in [2.05, 4.69) is 63.0 Å². The van der Waals surface area contributed by atoms with Crippen LogP contribution in [0.2, 0.25) is 0 Å². The molecular formula is C22H19BrN2OS. The molecule has 0 aliphatic carbocycles. The summed E-state index contributed by atoms with van der Waals surface area (Å²) < 4.78 is 1.10. The van der Waals surface area contributed by atoms with Crippen molar-refractivity contribution in [1.82, 2.24) is 10.3 Å². The van der Waals surface area contributed by atoms with Crippen molar-refractivity contribution in [3.05, 3.63) is 81.6 Å². The van der Waals surface area contributed by atoms with E-state index in [1.165, 1.54) is 11.1 Å². The third-order valence-electron chi connectivity index (χ3n) is 4.45. The van der Waals surface area contributed by atoms with E-state index in [0.717, 1.165) is 45.5 Å². The summed E-state index contributed by atoms with van der Waals surface area (Å²) >= 11 is 5.15. The number of rotatable bonds is 6. The minimum Gasteiger partial charge on any atom is -0.508 e. The van der Waals surface area contributed by atoms with Crippen molar-refractivity contribution in [2.45, 2.75) is 13.0 Å². The molecule has 0 saturated carbocycles. The SMILES string of the molecule is Oc1ccc2cc(CNCCc3ccc(Br)cc3)c(-c3cccs3)nc2c1. The highest BCUT2D eigenvalue weighted by Gasteiger charge is 2.11. The molecule has 0 radical (unpaired) electrons. The molecule has 0 aliphatic rings. The van der Waals surface area contributed by atoms with Gasteiger partial charge in [-0.2, -0.15) is 0 Å². The van der Waals surface area contributed by atoms with Gasteiger partial charge in [0.1, 0.15) is 5.75 Å². The van der Waals surface area contributed by atoms with E-state index in [4.69, 9.17) is 4.98 Å². The average Bonchev–Trinajstić information content (AvgIpc) is 3.20. The smallest absolute Gasteiger partial charge is 0.117 e. The Labute approximate surface area is 170 Å². The van der Waals surface area contributed by atoms with Crippen LogP contribution in [0.5, 0.6) is 5.75 Å². The van der Waals surface area contributed by atoms with Gasteiger partial charge in [-0.3, -0.25) is 0 Å². The Kier molecular flexibility index (Phi) is 5.53. The van der Waals surface area contributed by atoms with Crippen LogP contribution < -0.4 is 5.32 Å². The van der Waals surface area contributed by atoms with E-state index < -0.39 is 0 Å². The van der Waals surface area contributed by atoms with E-state index >= 15 is 0 Å². The molecule has 0 saturated heterocycles. The molecule has 2 aromatic carbocycles. The van der Waals surface area contributed by atoms with E-state index in [0.29, 0.717) is 0 Å². The van der Waals surface area contributed by atoms with Crippen molar-refractivity contribution in [2.24, 2.45) is 0 Å². The minimum atomic E-state index is 0.243. The lowest BCUT2D eigenvalue weighted by Gasteiger charge is -2.11. The second kappa shape index (κ2) is 8.21. The van der Waals surface area contributed by atoms with Gasteiger partial charge in [-0.1, -0.05) is 34.1 Å². The summed E-state index contributed by atoms with van der Waals surface area (Å²) in [6.45, 7) is 1.66. The Bertz CT molecular complexity index is 1050. The molecule has 5 heteroatoms. The molecule has 0 bridgehead atoms. The number of halogens is 1. The van der Waals surface area contributed by atoms with Crippen LogP contribution in [0.25, 0.3) is 21.5 Å². The number of aromatic hydroxyl groups is 1. The van der Waals surface area contributed by atoms with Crippen molar-refractivity contribution < 1.29 is 5.11 Å². The number of pyridine rings is 1. The topological polar surface area (TPSA) is 45.1 Å². The zero-order chi connectivity index (χ0) is 18.6. The first-order chi connectivity index (χ1) is 13.2. The highest BCUT2D eigenvalue weighted by atomic mass is 79.9. The fourth-order valence-corrected chi connectivity index (χ4v) is 4.08. The molecule has 2 heterocycles. The summed E-state index contributed by atoms with van der Waals surface area (Å²) in [5.41, 5.74) is 4.29. The highest BCUT2D eigenvalue weighted by molar-refractivity contribution is 9.10. The zero-order valence-electron chi connectivity index (χ0n) is 14.7. The summed E-state index contributed by atoms with van der Waals surface area (Å²) in [6, 6.07) is 20.1. The molecule has 0 fully saturated rings. The number of phenolic OH excluding ortho intramolecular Hbond substituents is 1. The highest BCUT2D eigenvalue weighted by Crippen LogP contribution is 2.30. The Morgan fingerprint density at radius 3 is 2.67 bits per heavy atom. The monoisotopic (exact) mass is 438 g/mol. The number of fused-ring (bicyclic) bond motifs is 1. The predicted octanol–water partition coefficient (Wildman–Crippen LogP) is 5.76. The molecule has 2 N–H and O–H groups in total. The molecule has 0 aliphatic heterocycles. The Hall–Kier alpha value is -2.21. The third kappa shape index (κ3) is 4.38. The maximum atomic E-state index is 9.77. The molecule has 27 heavy (non-hydrogen) atoms. The first-order valence-electron chi connectivity index (χ1n) is 8.81. The molecule has 0 unspecified atom stereocenters. The number of nitrogens with one attached hydrogen (secondary N) is 1. The maximum Gasteiger partial charge on any atom is 0.117 e. The van der Waals surface area contributed by atoms with Gasteiger partial charge < -0.3 is 10.4 Å². The minimum absolute atomic E-state index is 0.243. The normalized spacial score (nSPS) is 11.1. The van der Waals surface area contributed by atoms with E-state index in [9.17, 15) is 5.11 Å². The number of nitrogens with zero attached hydrogens (tertiary/aromatic N) is 1. The first kappa shape index (κ1) is 18.2. The van der Waals surface area contributed by atoms with E-state index in [1.54, 1.807) is 23.5 Å². The van der Waals surface area contributed by atoms with Gasteiger partial charge in [0.25, 0.3) is 0 Å². The van der Waals surface area contributed by atoms with Gasteiger partial charge in [0, 0.05) is 22.5 Å². The van der Waals surface area contributed by atoms with Crippen molar-refractivity contribution in [1.29, 1.82) is 0 Å². The Balaban J connectivity index is 1.53. The summed E-state index contributed by atoms with van der Waals surface area (Å²) in [5.74, 6) is 0.243. The molecule has 2 aromatic heterocycles. The van der Waals surface area contributed by atoms with Gasteiger partial charge >= 0.3 is 0 Å². The second-order valence-corrected chi connectivity index (χ2v) is 8.27. The van der Waals surface area contributed by atoms with Gasteiger partial charge in [-0.15, -0.1) is 11.3 Å². The summed E-state index contributed by atoms with van der Waals surface area (Å²) in [5, 5.41) is 16.4. The average molecular weight is 439 g/mol. The zero-order valence-corrected chi connectivity index (χ0v) is 17.1. The molecule has 4 aromatic rings. The maximum absolute atomic E-state index is 9.77. The molecule has 0 atom stereocenters. The summed E-state index contributed by atoms with van der Waals surface area (Å²) in [7, 11) is 0. The number of thiophene rings is 1. The molecular weight excluding hydrogens is 420 g/mol. The van der Waals surface area contributed by atoms with Gasteiger partial charge in [0.2, 0.25) is 0 Å². The fourth-order valence-electron chi connectivity index (χ4n) is 3.07. The van der Waals surface area contributed by atoms with Crippen LogP contribution in [0, 0.1) is 0 Å². The lowest BCUT2D eigenvalue weighted by Crippen LogP contribution is -2.17. The standard InChI is InChI=1S/C22H19BrN2OS/c23-18-6-3-15(4-7-18)9-10-24-14-17-12-16-5-8-19(26)13-20(16)25-22(17)21-2-1-11-27-21/h1-8,11-13,24,26H,9-10,14H2. The van der Waals surface area contributed by atoms with Crippen molar-refractivity contribution in [3.63, 3.8) is 0 Å². The van der Waals surface area contributed by atoms with Crippen LogP contribution in [0.1, 0.15) is 11.1 Å². The summed E-state index contributed by atoms with van der Waals surface area (Å²) in [4.78, 5) is 5.97. The number of benzene rings is 2. The van der Waals surface area contributed by atoms with Crippen molar-refractivity contribution >= 4 is 38.2 Å². The fraction of sp³-hybridized carbons (Fsp3) is 0.136. The van der Waals surface area contributed by atoms with Gasteiger partial charge in [0.15, 0.2) is 0 Å². The lowest BCUT2D eigenvalue weighted by molar-refractivity contribution is 0.476. The molecule has 0 amide bonds. The van der Waals surface area contributed by atoms with Gasteiger partial charge in [0.05, 0.1) is 16.1 Å². The quantitative estimate of drug-likeness (QED) is 0.376. The van der Waals surface area contributed by atoms with E-state index in [-0.39, 0.29) is 5.75 Å². The molecule has 3 nitrogen and oxygen atoms in total. The Morgan fingerprint density at radius 2 is 1.89 bits per heavy atom. The van der Waals surface area contributed by atoms with Crippen LogP contribution in [0.4, 0.5) is 0 Å². The first-order valence-corrected chi connectivity index (χ1v) is 10.5. The third-order valence-corrected chi connectivity index (χ3v) is 5.86. The van der Waals surface area contributed by atoms with Crippen LogP contribution in [-0.4, -0.2) is 16.6 Å². The molecule has 136 valence electrons. The van der Waals surface area contributed by atoms with Crippen LogP contribution in [0.15, 0.2) is 70.5 Å². The molecule has 4 rings (SSSR count). The predicted molar refractivity (Wildman–Crippen MR) is 116 cm³/mol. The molecule has 0 spiro atoms. The van der Waals surface area contributed by atoms with Crippen molar-refractivity contribution in [3.8, 4) is 16.3 Å². The lowest BCUT2D eigenvalue weighted by atomic mass is 10.1. The van der Waals surface area contributed by atoms with Gasteiger partial charge in [-0.25, -0.2) is 4.98 Å². The number of hydrogen-bond donors (Lipinski definition) is 2. The van der Waals surface area contributed by atoms with Crippen LogP contribution in [0.3, 0.4) is 0 Å². The number of aromatic nitrogens is 1.